The highest BCUT2D eigenvalue weighted by molar-refractivity contribution is 5.39. The van der Waals surface area contributed by atoms with Crippen LogP contribution in [-0.2, 0) is 0 Å². The molecular weight excluding hydrogens is 190 g/mol. The van der Waals surface area contributed by atoms with E-state index >= 15 is 0 Å². The van der Waals surface area contributed by atoms with E-state index in [4.69, 9.17) is 4.74 Å². The summed E-state index contributed by atoms with van der Waals surface area (Å²) in [4.78, 5) is 0. The third-order valence-corrected chi connectivity index (χ3v) is 2.29. The first-order chi connectivity index (χ1) is 7.42. The molecule has 2 rings (SSSR count). The van der Waals surface area contributed by atoms with Gasteiger partial charge in [0.15, 0.2) is 5.65 Å². The summed E-state index contributed by atoms with van der Waals surface area (Å²) >= 11 is 0. The standard InChI is InChI=1S/C11H15N3O/c1-2-3-4-8-15-11-7-5-6-10-13-12-9-14(10)11/h5-7,9H,2-4,8H2,1H3. The Labute approximate surface area is 88.9 Å². The molecule has 0 fully saturated rings. The molecule has 0 saturated heterocycles. The van der Waals surface area contributed by atoms with Crippen LogP contribution in [0, 0.1) is 0 Å². The molecule has 15 heavy (non-hydrogen) atoms. The molecular formula is C11H15N3O. The molecule has 0 unspecified atom stereocenters. The van der Waals surface area contributed by atoms with Crippen LogP contribution in [0.15, 0.2) is 24.5 Å². The maximum Gasteiger partial charge on any atom is 0.200 e. The van der Waals surface area contributed by atoms with Crippen molar-refractivity contribution in [3.8, 4) is 5.88 Å². The molecule has 2 heterocycles. The molecule has 0 saturated carbocycles. The minimum atomic E-state index is 0.755. The van der Waals surface area contributed by atoms with E-state index in [0.717, 1.165) is 24.6 Å². The van der Waals surface area contributed by atoms with Crippen molar-refractivity contribution in [2.24, 2.45) is 0 Å². The maximum absolute atomic E-state index is 5.66. The minimum Gasteiger partial charge on any atom is -0.479 e. The molecule has 0 spiro atoms. The van der Waals surface area contributed by atoms with E-state index in [1.807, 2.05) is 22.6 Å². The number of aromatic nitrogens is 3. The summed E-state index contributed by atoms with van der Waals surface area (Å²) in [6.45, 7) is 2.94. The average Bonchev–Trinajstić information content (AvgIpc) is 2.73. The van der Waals surface area contributed by atoms with Crippen molar-refractivity contribution in [1.82, 2.24) is 14.6 Å². The van der Waals surface area contributed by atoms with Gasteiger partial charge in [-0.1, -0.05) is 25.8 Å². The summed E-state index contributed by atoms with van der Waals surface area (Å²) in [6, 6.07) is 5.77. The fraction of sp³-hybridized carbons (Fsp3) is 0.455. The zero-order chi connectivity index (χ0) is 10.5. The number of hydrogen-bond acceptors (Lipinski definition) is 3. The molecule has 4 nitrogen and oxygen atoms in total. The Bertz CT molecular complexity index is 424. The number of pyridine rings is 1. The lowest BCUT2D eigenvalue weighted by Gasteiger charge is -2.06. The van der Waals surface area contributed by atoms with Gasteiger partial charge in [-0.25, -0.2) is 0 Å². The minimum absolute atomic E-state index is 0.755. The molecule has 0 aromatic carbocycles. The summed E-state index contributed by atoms with van der Waals surface area (Å²) in [5.41, 5.74) is 0.822. The second kappa shape index (κ2) is 4.77. The molecule has 80 valence electrons. The van der Waals surface area contributed by atoms with Gasteiger partial charge in [0, 0.05) is 0 Å². The topological polar surface area (TPSA) is 39.4 Å². The molecule has 0 amide bonds. The summed E-state index contributed by atoms with van der Waals surface area (Å²) in [5, 5.41) is 7.80. The van der Waals surface area contributed by atoms with E-state index in [2.05, 4.69) is 17.1 Å². The highest BCUT2D eigenvalue weighted by Crippen LogP contribution is 2.12. The molecule has 0 aliphatic rings. The van der Waals surface area contributed by atoms with E-state index in [9.17, 15) is 0 Å². The number of ether oxygens (including phenoxy) is 1. The second-order valence-corrected chi connectivity index (χ2v) is 3.48. The number of rotatable bonds is 5. The van der Waals surface area contributed by atoms with E-state index in [0.29, 0.717) is 0 Å². The van der Waals surface area contributed by atoms with Gasteiger partial charge in [-0.05, 0) is 18.6 Å². The SMILES string of the molecule is CCCCCOc1cccc2nncn12. The molecule has 0 radical (unpaired) electrons. The van der Waals surface area contributed by atoms with E-state index in [-0.39, 0.29) is 0 Å². The van der Waals surface area contributed by atoms with E-state index < -0.39 is 0 Å². The Morgan fingerprint density at radius 2 is 2.27 bits per heavy atom. The fourth-order valence-electron chi connectivity index (χ4n) is 1.47. The van der Waals surface area contributed by atoms with Crippen molar-refractivity contribution in [2.75, 3.05) is 6.61 Å². The largest absolute Gasteiger partial charge is 0.479 e. The van der Waals surface area contributed by atoms with Crippen LogP contribution in [0.25, 0.3) is 5.65 Å². The summed E-state index contributed by atoms with van der Waals surface area (Å²) < 4.78 is 7.52. The van der Waals surface area contributed by atoms with Crippen LogP contribution in [0.5, 0.6) is 5.88 Å². The highest BCUT2D eigenvalue weighted by atomic mass is 16.5. The predicted octanol–water partition coefficient (Wildman–Crippen LogP) is 2.30. The van der Waals surface area contributed by atoms with Gasteiger partial charge in [0.2, 0.25) is 5.88 Å². The smallest absolute Gasteiger partial charge is 0.200 e. The Kier molecular flexibility index (Phi) is 3.17. The van der Waals surface area contributed by atoms with Crippen molar-refractivity contribution < 1.29 is 4.74 Å². The fourth-order valence-corrected chi connectivity index (χ4v) is 1.47. The molecule has 0 bridgehead atoms. The van der Waals surface area contributed by atoms with Gasteiger partial charge in [-0.15, -0.1) is 10.2 Å². The first kappa shape index (κ1) is 9.96. The Balaban J connectivity index is 2.04. The van der Waals surface area contributed by atoms with Crippen molar-refractivity contribution >= 4 is 5.65 Å². The van der Waals surface area contributed by atoms with Gasteiger partial charge < -0.3 is 4.74 Å². The third kappa shape index (κ3) is 2.26. The molecule has 0 aliphatic carbocycles. The van der Waals surface area contributed by atoms with Crippen molar-refractivity contribution in [2.45, 2.75) is 26.2 Å². The van der Waals surface area contributed by atoms with Gasteiger partial charge in [-0.3, -0.25) is 4.40 Å². The first-order valence-corrected chi connectivity index (χ1v) is 5.33. The number of fused-ring (bicyclic) bond motifs is 1. The van der Waals surface area contributed by atoms with Gasteiger partial charge >= 0.3 is 0 Å². The Hall–Kier alpha value is -1.58. The molecule has 0 N–H and O–H groups in total. The lowest BCUT2D eigenvalue weighted by atomic mass is 10.3. The summed E-state index contributed by atoms with van der Waals surface area (Å²) in [7, 11) is 0. The van der Waals surface area contributed by atoms with Crippen molar-refractivity contribution in [3.63, 3.8) is 0 Å². The molecule has 2 aromatic rings. The van der Waals surface area contributed by atoms with Crippen LogP contribution < -0.4 is 4.74 Å². The molecule has 0 atom stereocenters. The van der Waals surface area contributed by atoms with Crippen LogP contribution >= 0.6 is 0 Å². The molecule has 0 aliphatic heterocycles. The lowest BCUT2D eigenvalue weighted by molar-refractivity contribution is 0.291. The predicted molar refractivity (Wildman–Crippen MR) is 58.0 cm³/mol. The van der Waals surface area contributed by atoms with Gasteiger partial charge in [0.1, 0.15) is 6.33 Å². The Morgan fingerprint density at radius 1 is 1.33 bits per heavy atom. The van der Waals surface area contributed by atoms with Crippen molar-refractivity contribution in [1.29, 1.82) is 0 Å². The zero-order valence-electron chi connectivity index (χ0n) is 8.89. The number of unbranched alkanes of at least 4 members (excludes halogenated alkanes) is 2. The highest BCUT2D eigenvalue weighted by Gasteiger charge is 2.01. The quantitative estimate of drug-likeness (QED) is 0.703. The second-order valence-electron chi connectivity index (χ2n) is 3.48. The third-order valence-electron chi connectivity index (χ3n) is 2.29. The number of nitrogens with zero attached hydrogens (tertiary/aromatic N) is 3. The summed E-state index contributed by atoms with van der Waals surface area (Å²) in [6.07, 6.45) is 5.18. The van der Waals surface area contributed by atoms with Crippen molar-refractivity contribution in [3.05, 3.63) is 24.5 Å². The van der Waals surface area contributed by atoms with Crippen LogP contribution in [0.3, 0.4) is 0 Å². The zero-order valence-corrected chi connectivity index (χ0v) is 8.89. The molecule has 2 aromatic heterocycles. The van der Waals surface area contributed by atoms with Crippen LogP contribution in [0.2, 0.25) is 0 Å². The summed E-state index contributed by atoms with van der Waals surface area (Å²) in [5.74, 6) is 0.814. The van der Waals surface area contributed by atoms with Gasteiger partial charge in [0.25, 0.3) is 0 Å². The first-order valence-electron chi connectivity index (χ1n) is 5.33. The monoisotopic (exact) mass is 205 g/mol. The van der Waals surface area contributed by atoms with Gasteiger partial charge in [0.05, 0.1) is 6.61 Å². The lowest BCUT2D eigenvalue weighted by Crippen LogP contribution is -2.01. The Morgan fingerprint density at radius 3 is 3.13 bits per heavy atom. The van der Waals surface area contributed by atoms with E-state index in [1.54, 1.807) is 6.33 Å². The van der Waals surface area contributed by atoms with Crippen LogP contribution in [0.4, 0.5) is 0 Å². The van der Waals surface area contributed by atoms with E-state index in [1.165, 1.54) is 12.8 Å². The van der Waals surface area contributed by atoms with Crippen LogP contribution in [0.1, 0.15) is 26.2 Å². The average molecular weight is 205 g/mol. The van der Waals surface area contributed by atoms with Gasteiger partial charge in [-0.2, -0.15) is 0 Å². The molecule has 4 heteroatoms. The van der Waals surface area contributed by atoms with Crippen LogP contribution in [-0.4, -0.2) is 21.2 Å². The number of hydrogen-bond donors (Lipinski definition) is 0. The normalized spacial score (nSPS) is 10.7. The maximum atomic E-state index is 5.66.